The van der Waals surface area contributed by atoms with Crippen molar-refractivity contribution in [2.45, 2.75) is 32.7 Å². The van der Waals surface area contributed by atoms with Crippen LogP contribution in [0.15, 0.2) is 67.0 Å². The van der Waals surface area contributed by atoms with Crippen LogP contribution < -0.4 is 0 Å². The number of nitrogens with zero attached hydrogens (tertiary/aromatic N) is 6. The molecule has 0 unspecified atom stereocenters. The van der Waals surface area contributed by atoms with E-state index in [4.69, 9.17) is 4.98 Å². The molecule has 31 heavy (non-hydrogen) atoms. The highest BCUT2D eigenvalue weighted by Gasteiger charge is 2.12. The SMILES string of the molecule is CCCCc1nc2ccncc2n1Cc1ccc(-c2ccccc2-c2nnn[nH]2)cc1. The van der Waals surface area contributed by atoms with Crippen molar-refractivity contribution in [1.29, 1.82) is 0 Å². The van der Waals surface area contributed by atoms with E-state index in [1.807, 2.05) is 30.5 Å². The van der Waals surface area contributed by atoms with Crippen LogP contribution in [-0.4, -0.2) is 35.2 Å². The molecular weight excluding hydrogens is 386 g/mol. The summed E-state index contributed by atoms with van der Waals surface area (Å²) >= 11 is 0. The van der Waals surface area contributed by atoms with Crippen molar-refractivity contribution in [3.63, 3.8) is 0 Å². The third-order valence-corrected chi connectivity index (χ3v) is 5.52. The van der Waals surface area contributed by atoms with Gasteiger partial charge in [0.25, 0.3) is 0 Å². The Kier molecular flexibility index (Phi) is 5.22. The molecule has 0 spiro atoms. The van der Waals surface area contributed by atoms with Gasteiger partial charge in [-0.1, -0.05) is 61.9 Å². The minimum Gasteiger partial charge on any atom is -0.322 e. The zero-order chi connectivity index (χ0) is 21.0. The molecule has 0 saturated carbocycles. The Morgan fingerprint density at radius 3 is 2.58 bits per heavy atom. The molecular formula is C24H23N7. The quantitative estimate of drug-likeness (QED) is 0.422. The number of aryl methyl sites for hydroxylation is 1. The average molecular weight is 409 g/mol. The van der Waals surface area contributed by atoms with Gasteiger partial charge in [-0.25, -0.2) is 10.1 Å². The zero-order valence-electron chi connectivity index (χ0n) is 17.4. The molecule has 7 heteroatoms. The van der Waals surface area contributed by atoms with Gasteiger partial charge in [0, 0.05) is 24.7 Å². The lowest BCUT2D eigenvalue weighted by atomic mass is 9.98. The molecule has 5 aromatic rings. The van der Waals surface area contributed by atoms with E-state index in [0.717, 1.165) is 59.4 Å². The molecule has 1 N–H and O–H groups in total. The summed E-state index contributed by atoms with van der Waals surface area (Å²) in [6.07, 6.45) is 6.97. The first kappa shape index (κ1) is 19.1. The Hall–Kier alpha value is -3.87. The van der Waals surface area contributed by atoms with Gasteiger partial charge in [0.15, 0.2) is 5.82 Å². The summed E-state index contributed by atoms with van der Waals surface area (Å²) in [5.74, 6) is 1.79. The molecule has 0 atom stereocenters. The highest BCUT2D eigenvalue weighted by Crippen LogP contribution is 2.30. The summed E-state index contributed by atoms with van der Waals surface area (Å²) in [5, 5.41) is 14.3. The third-order valence-electron chi connectivity index (χ3n) is 5.52. The number of imidazole rings is 1. The summed E-state index contributed by atoms with van der Waals surface area (Å²) in [7, 11) is 0. The fourth-order valence-electron chi connectivity index (χ4n) is 3.91. The Labute approximate surface area is 180 Å². The molecule has 5 rings (SSSR count). The molecule has 0 aliphatic rings. The van der Waals surface area contributed by atoms with Crippen LogP contribution >= 0.6 is 0 Å². The van der Waals surface area contributed by atoms with Crippen molar-refractivity contribution >= 4 is 11.0 Å². The van der Waals surface area contributed by atoms with E-state index in [2.05, 4.69) is 67.4 Å². The fraction of sp³-hybridized carbons (Fsp3) is 0.208. The van der Waals surface area contributed by atoms with Crippen LogP contribution in [0.5, 0.6) is 0 Å². The summed E-state index contributed by atoms with van der Waals surface area (Å²) in [4.78, 5) is 9.17. The summed E-state index contributed by atoms with van der Waals surface area (Å²) < 4.78 is 2.29. The van der Waals surface area contributed by atoms with Crippen LogP contribution in [0.25, 0.3) is 33.5 Å². The van der Waals surface area contributed by atoms with Gasteiger partial charge < -0.3 is 4.57 Å². The van der Waals surface area contributed by atoms with E-state index in [0.29, 0.717) is 5.82 Å². The maximum absolute atomic E-state index is 4.85. The van der Waals surface area contributed by atoms with Gasteiger partial charge >= 0.3 is 0 Å². The average Bonchev–Trinajstić information content (AvgIpc) is 3.47. The minimum atomic E-state index is 0.664. The molecule has 0 aliphatic carbocycles. The Balaban J connectivity index is 1.46. The Morgan fingerprint density at radius 2 is 1.81 bits per heavy atom. The van der Waals surface area contributed by atoms with Crippen molar-refractivity contribution in [2.24, 2.45) is 0 Å². The fourth-order valence-corrected chi connectivity index (χ4v) is 3.91. The minimum absolute atomic E-state index is 0.664. The van der Waals surface area contributed by atoms with Crippen molar-refractivity contribution in [3.05, 3.63) is 78.4 Å². The van der Waals surface area contributed by atoms with Crippen molar-refractivity contribution in [3.8, 4) is 22.5 Å². The molecule has 3 heterocycles. The molecule has 154 valence electrons. The molecule has 0 aliphatic heterocycles. The Morgan fingerprint density at radius 1 is 0.968 bits per heavy atom. The van der Waals surface area contributed by atoms with Gasteiger partial charge in [0.2, 0.25) is 0 Å². The third kappa shape index (κ3) is 3.82. The highest BCUT2D eigenvalue weighted by atomic mass is 15.5. The smallest absolute Gasteiger partial charge is 0.180 e. The van der Waals surface area contributed by atoms with Gasteiger partial charge in [0.05, 0.1) is 17.2 Å². The van der Waals surface area contributed by atoms with E-state index < -0.39 is 0 Å². The molecule has 0 fully saturated rings. The highest BCUT2D eigenvalue weighted by molar-refractivity contribution is 5.80. The molecule has 2 aromatic carbocycles. The normalized spacial score (nSPS) is 11.3. The summed E-state index contributed by atoms with van der Waals surface area (Å²) in [6, 6.07) is 18.8. The van der Waals surface area contributed by atoms with E-state index in [9.17, 15) is 0 Å². The number of hydrogen-bond acceptors (Lipinski definition) is 5. The monoisotopic (exact) mass is 409 g/mol. The standard InChI is InChI=1S/C24H23N7/c1-2-3-8-23-26-21-13-14-25-15-22(21)31(23)16-17-9-11-18(12-10-17)19-6-4-5-7-20(19)24-27-29-30-28-24/h4-7,9-15H,2-3,8,16H2,1H3,(H,27,28,29,30). The molecule has 3 aromatic heterocycles. The van der Waals surface area contributed by atoms with Gasteiger partial charge in [-0.3, -0.25) is 4.98 Å². The summed E-state index contributed by atoms with van der Waals surface area (Å²) in [6.45, 7) is 2.98. The van der Waals surface area contributed by atoms with Crippen molar-refractivity contribution in [1.82, 2.24) is 35.2 Å². The number of aromatic nitrogens is 7. The lowest BCUT2D eigenvalue weighted by Gasteiger charge is -2.11. The van der Waals surface area contributed by atoms with E-state index in [1.165, 1.54) is 5.56 Å². The van der Waals surface area contributed by atoms with Crippen LogP contribution in [0.4, 0.5) is 0 Å². The van der Waals surface area contributed by atoms with E-state index in [1.54, 1.807) is 6.20 Å². The second-order valence-corrected chi connectivity index (χ2v) is 7.57. The number of pyridine rings is 1. The number of H-pyrrole nitrogens is 1. The number of fused-ring (bicyclic) bond motifs is 1. The molecule has 0 amide bonds. The maximum Gasteiger partial charge on any atom is 0.180 e. The first-order valence-corrected chi connectivity index (χ1v) is 10.5. The lowest BCUT2D eigenvalue weighted by molar-refractivity contribution is 0.689. The van der Waals surface area contributed by atoms with Gasteiger partial charge in [-0.2, -0.15) is 0 Å². The first-order chi connectivity index (χ1) is 15.3. The predicted octanol–water partition coefficient (Wildman–Crippen LogP) is 4.67. The van der Waals surface area contributed by atoms with Crippen LogP contribution in [0.3, 0.4) is 0 Å². The maximum atomic E-state index is 4.85. The second kappa shape index (κ2) is 8.47. The van der Waals surface area contributed by atoms with Crippen molar-refractivity contribution < 1.29 is 0 Å². The lowest BCUT2D eigenvalue weighted by Crippen LogP contribution is -2.05. The van der Waals surface area contributed by atoms with Crippen LogP contribution in [0.1, 0.15) is 31.2 Å². The number of unbranched alkanes of at least 4 members (excludes halogenated alkanes) is 1. The number of hydrogen-bond donors (Lipinski definition) is 1. The van der Waals surface area contributed by atoms with Crippen LogP contribution in [0.2, 0.25) is 0 Å². The number of nitrogens with one attached hydrogen (secondary N) is 1. The van der Waals surface area contributed by atoms with Crippen molar-refractivity contribution in [2.75, 3.05) is 0 Å². The van der Waals surface area contributed by atoms with Gasteiger partial charge in [-0.15, -0.1) is 5.10 Å². The number of rotatable bonds is 7. The van der Waals surface area contributed by atoms with Gasteiger partial charge in [-0.05, 0) is 39.6 Å². The molecule has 0 saturated heterocycles. The number of tetrazole rings is 1. The molecule has 7 nitrogen and oxygen atoms in total. The van der Waals surface area contributed by atoms with Crippen LogP contribution in [-0.2, 0) is 13.0 Å². The van der Waals surface area contributed by atoms with E-state index >= 15 is 0 Å². The first-order valence-electron chi connectivity index (χ1n) is 10.5. The molecule has 0 bridgehead atoms. The van der Waals surface area contributed by atoms with Gasteiger partial charge in [0.1, 0.15) is 5.82 Å². The predicted molar refractivity (Wildman–Crippen MR) is 120 cm³/mol. The summed E-state index contributed by atoms with van der Waals surface area (Å²) in [5.41, 5.74) is 6.51. The van der Waals surface area contributed by atoms with E-state index in [-0.39, 0.29) is 0 Å². The second-order valence-electron chi connectivity index (χ2n) is 7.57. The zero-order valence-corrected chi connectivity index (χ0v) is 17.4. The number of benzene rings is 2. The largest absolute Gasteiger partial charge is 0.322 e. The topological polar surface area (TPSA) is 85.2 Å². The Bertz CT molecular complexity index is 1290. The number of aromatic amines is 1. The molecule has 0 radical (unpaired) electrons. The van der Waals surface area contributed by atoms with Crippen LogP contribution in [0, 0.1) is 0 Å².